The van der Waals surface area contributed by atoms with E-state index in [9.17, 15) is 13.2 Å². The molecule has 0 fully saturated rings. The number of furan rings is 1. The highest BCUT2D eigenvalue weighted by molar-refractivity contribution is 7.91. The van der Waals surface area contributed by atoms with E-state index in [1.807, 2.05) is 0 Å². The van der Waals surface area contributed by atoms with E-state index in [-0.39, 0.29) is 16.7 Å². The number of fused-ring (bicyclic) bond motifs is 1. The van der Waals surface area contributed by atoms with Gasteiger partial charge in [-0.1, -0.05) is 12.1 Å². The summed E-state index contributed by atoms with van der Waals surface area (Å²) >= 11 is 0. The Morgan fingerprint density at radius 3 is 2.77 bits per heavy atom. The number of rotatable bonds is 5. The number of nitrogens with one attached hydrogen (secondary N) is 2. The standard InChI is InChI=1S/C14H13N3O4S/c15-14(18)11-7-9-3-1-4-10(13(9)17-11)16-8-22(19,20)12-5-2-6-21-12/h1-7,16-17H,8H2,(H2,15,18). The third-order valence-electron chi connectivity index (χ3n) is 3.18. The van der Waals surface area contributed by atoms with Gasteiger partial charge in [-0.3, -0.25) is 4.79 Å². The third kappa shape index (κ3) is 2.56. The molecule has 0 saturated heterocycles. The van der Waals surface area contributed by atoms with Gasteiger partial charge in [-0.25, -0.2) is 8.42 Å². The lowest BCUT2D eigenvalue weighted by atomic mass is 10.2. The number of nitrogens with two attached hydrogens (primary N) is 1. The van der Waals surface area contributed by atoms with E-state index in [0.717, 1.165) is 5.39 Å². The van der Waals surface area contributed by atoms with Gasteiger partial charge in [0.2, 0.25) is 14.9 Å². The van der Waals surface area contributed by atoms with E-state index in [4.69, 9.17) is 10.2 Å². The van der Waals surface area contributed by atoms with E-state index in [1.165, 1.54) is 18.4 Å². The highest BCUT2D eigenvalue weighted by Gasteiger charge is 2.18. The van der Waals surface area contributed by atoms with Crippen LogP contribution in [0.5, 0.6) is 0 Å². The molecule has 0 atom stereocenters. The number of H-pyrrole nitrogens is 1. The monoisotopic (exact) mass is 319 g/mol. The van der Waals surface area contributed by atoms with Crippen LogP contribution in [-0.2, 0) is 9.84 Å². The number of primary amides is 1. The van der Waals surface area contributed by atoms with E-state index in [2.05, 4.69) is 10.3 Å². The predicted octanol–water partition coefficient (Wildman–Crippen LogP) is 1.70. The summed E-state index contributed by atoms with van der Waals surface area (Å²) in [5.41, 5.74) is 6.67. The number of hydrogen-bond donors (Lipinski definition) is 3. The minimum atomic E-state index is -3.58. The molecule has 0 aliphatic rings. The van der Waals surface area contributed by atoms with Crippen molar-refractivity contribution in [2.45, 2.75) is 5.09 Å². The van der Waals surface area contributed by atoms with Gasteiger partial charge in [-0.05, 0) is 24.3 Å². The normalized spacial score (nSPS) is 11.6. The van der Waals surface area contributed by atoms with Crippen molar-refractivity contribution in [1.29, 1.82) is 0 Å². The average molecular weight is 319 g/mol. The van der Waals surface area contributed by atoms with Gasteiger partial charge in [-0.15, -0.1) is 0 Å². The third-order valence-corrected chi connectivity index (χ3v) is 4.55. The van der Waals surface area contributed by atoms with Crippen LogP contribution in [0, 0.1) is 0 Å². The second-order valence-corrected chi connectivity index (χ2v) is 6.61. The molecule has 3 aromatic rings. The van der Waals surface area contributed by atoms with Crippen molar-refractivity contribution < 1.29 is 17.6 Å². The minimum absolute atomic E-state index is 0.100. The minimum Gasteiger partial charge on any atom is -0.453 e. The Bertz CT molecular complexity index is 926. The molecule has 114 valence electrons. The number of aromatic amines is 1. The fraction of sp³-hybridized carbons (Fsp3) is 0.0714. The maximum atomic E-state index is 12.1. The number of aromatic nitrogens is 1. The van der Waals surface area contributed by atoms with E-state index >= 15 is 0 Å². The summed E-state index contributed by atoms with van der Waals surface area (Å²) in [4.78, 5) is 14.1. The molecule has 22 heavy (non-hydrogen) atoms. The summed E-state index contributed by atoms with van der Waals surface area (Å²) < 4.78 is 29.1. The van der Waals surface area contributed by atoms with Gasteiger partial charge < -0.3 is 20.5 Å². The molecule has 1 aromatic carbocycles. The van der Waals surface area contributed by atoms with Crippen LogP contribution in [0.1, 0.15) is 10.5 Å². The van der Waals surface area contributed by atoms with Crippen LogP contribution >= 0.6 is 0 Å². The van der Waals surface area contributed by atoms with Crippen molar-refractivity contribution in [2.75, 3.05) is 11.2 Å². The Kier molecular flexibility index (Phi) is 3.38. The first kappa shape index (κ1) is 14.2. The van der Waals surface area contributed by atoms with Crippen molar-refractivity contribution in [1.82, 2.24) is 4.98 Å². The van der Waals surface area contributed by atoms with E-state index in [1.54, 1.807) is 24.3 Å². The van der Waals surface area contributed by atoms with Crippen molar-refractivity contribution >= 4 is 32.3 Å². The number of carbonyl (C=O) groups excluding carboxylic acids is 1. The topological polar surface area (TPSA) is 118 Å². The van der Waals surface area contributed by atoms with Gasteiger partial charge in [0.25, 0.3) is 5.91 Å². The molecule has 0 saturated carbocycles. The number of hydrogen-bond acceptors (Lipinski definition) is 5. The number of para-hydroxylation sites is 1. The molecular weight excluding hydrogens is 306 g/mol. The maximum absolute atomic E-state index is 12.1. The van der Waals surface area contributed by atoms with Crippen molar-refractivity contribution in [3.63, 3.8) is 0 Å². The zero-order valence-electron chi connectivity index (χ0n) is 11.4. The lowest BCUT2D eigenvalue weighted by Gasteiger charge is -2.07. The van der Waals surface area contributed by atoms with Crippen LogP contribution in [0.25, 0.3) is 10.9 Å². The molecule has 1 amide bonds. The van der Waals surface area contributed by atoms with Crippen molar-refractivity contribution in [3.8, 4) is 0 Å². The summed E-state index contributed by atoms with van der Waals surface area (Å²) in [7, 11) is -3.58. The molecule has 0 aliphatic heterocycles. The van der Waals surface area contributed by atoms with Crippen molar-refractivity contribution in [2.24, 2.45) is 5.73 Å². The largest absolute Gasteiger partial charge is 0.453 e. The summed E-state index contributed by atoms with van der Waals surface area (Å²) in [5.74, 6) is -0.907. The Hall–Kier alpha value is -2.74. The molecule has 0 spiro atoms. The van der Waals surface area contributed by atoms with Gasteiger partial charge in [-0.2, -0.15) is 0 Å². The van der Waals surface area contributed by atoms with Crippen LogP contribution in [0.15, 0.2) is 52.2 Å². The van der Waals surface area contributed by atoms with Gasteiger partial charge in [0.1, 0.15) is 11.6 Å². The SMILES string of the molecule is NC(=O)c1cc2cccc(NCS(=O)(=O)c3ccco3)c2[nH]1. The lowest BCUT2D eigenvalue weighted by molar-refractivity contribution is 0.0996. The molecule has 4 N–H and O–H groups in total. The highest BCUT2D eigenvalue weighted by Crippen LogP contribution is 2.24. The average Bonchev–Trinajstić information content (AvgIpc) is 3.14. The first-order chi connectivity index (χ1) is 10.5. The summed E-state index contributed by atoms with van der Waals surface area (Å²) in [6, 6.07) is 9.77. The Balaban J connectivity index is 1.90. The first-order valence-electron chi connectivity index (χ1n) is 6.39. The number of carbonyl (C=O) groups is 1. The molecule has 7 nitrogen and oxygen atoms in total. The van der Waals surface area contributed by atoms with Gasteiger partial charge in [0, 0.05) is 5.39 Å². The first-order valence-corrected chi connectivity index (χ1v) is 8.04. The smallest absolute Gasteiger partial charge is 0.265 e. The highest BCUT2D eigenvalue weighted by atomic mass is 32.2. The van der Waals surface area contributed by atoms with Crippen LogP contribution < -0.4 is 11.1 Å². The molecule has 0 aliphatic carbocycles. The summed E-state index contributed by atoms with van der Waals surface area (Å²) in [5, 5.41) is 3.50. The Labute approximate surface area is 126 Å². The zero-order chi connectivity index (χ0) is 15.7. The number of anilines is 1. The van der Waals surface area contributed by atoms with Crippen LogP contribution in [0.2, 0.25) is 0 Å². The van der Waals surface area contributed by atoms with Crippen LogP contribution in [-0.4, -0.2) is 25.2 Å². The molecule has 2 heterocycles. The molecule has 0 radical (unpaired) electrons. The van der Waals surface area contributed by atoms with Crippen molar-refractivity contribution in [3.05, 3.63) is 48.4 Å². The molecule has 0 unspecified atom stereocenters. The molecular formula is C14H13N3O4S. The molecule has 3 rings (SSSR count). The van der Waals surface area contributed by atoms with E-state index < -0.39 is 15.7 Å². The van der Waals surface area contributed by atoms with Gasteiger partial charge in [0.05, 0.1) is 17.5 Å². The number of benzene rings is 1. The van der Waals surface area contributed by atoms with E-state index in [0.29, 0.717) is 11.2 Å². The molecule has 0 bridgehead atoms. The summed E-state index contributed by atoms with van der Waals surface area (Å²) in [6.45, 7) is 0. The molecule has 2 aromatic heterocycles. The fourth-order valence-corrected chi connectivity index (χ4v) is 3.10. The number of sulfone groups is 1. The zero-order valence-corrected chi connectivity index (χ0v) is 12.2. The Morgan fingerprint density at radius 1 is 1.27 bits per heavy atom. The summed E-state index contributed by atoms with van der Waals surface area (Å²) in [6.07, 6.45) is 1.30. The second kappa shape index (κ2) is 5.23. The van der Waals surface area contributed by atoms with Gasteiger partial charge in [0.15, 0.2) is 0 Å². The lowest BCUT2D eigenvalue weighted by Crippen LogP contribution is -2.14. The van der Waals surface area contributed by atoms with Crippen LogP contribution in [0.3, 0.4) is 0 Å². The Morgan fingerprint density at radius 2 is 2.09 bits per heavy atom. The quantitative estimate of drug-likeness (QED) is 0.661. The van der Waals surface area contributed by atoms with Crippen LogP contribution in [0.4, 0.5) is 5.69 Å². The fourth-order valence-electron chi connectivity index (χ4n) is 2.12. The molecule has 8 heteroatoms. The van der Waals surface area contributed by atoms with Gasteiger partial charge >= 0.3 is 0 Å². The maximum Gasteiger partial charge on any atom is 0.265 e. The second-order valence-electron chi connectivity index (χ2n) is 4.69. The predicted molar refractivity (Wildman–Crippen MR) is 81.2 cm³/mol. The number of amides is 1.